The van der Waals surface area contributed by atoms with Crippen molar-refractivity contribution < 1.29 is 9.47 Å². The van der Waals surface area contributed by atoms with Gasteiger partial charge in [-0.3, -0.25) is 4.98 Å². The number of rotatable bonds is 12. The Kier molecular flexibility index (Phi) is 7.73. The maximum Gasteiger partial charge on any atom is 0.119 e. The van der Waals surface area contributed by atoms with Crippen molar-refractivity contribution in [3.63, 3.8) is 0 Å². The summed E-state index contributed by atoms with van der Waals surface area (Å²) in [5.41, 5.74) is 4.27. The molecule has 0 unspecified atom stereocenters. The molecule has 0 radical (unpaired) electrons. The Hall–Kier alpha value is -2.92. The molecule has 0 aliphatic carbocycles. The summed E-state index contributed by atoms with van der Waals surface area (Å²) in [6, 6.07) is 16.9. The standard InChI is InChI=1S/C27H33N3O2/c1-3-5-6-9-16-32-23-14-12-21(13-15-23)17-22(19-31-4-2)30-20-29-26-18-28-25-11-8-7-10-24(25)27(26)30/h7-8,10-15,18,20,22H,3-6,9,16-17,19H2,1-2H3/t22-/m0/s1. The SMILES string of the molecule is CCCCCCOc1ccc(C[C@@H](COCC)n2cnc3cnc4ccccc4c32)cc1. The lowest BCUT2D eigenvalue weighted by atomic mass is 10.1. The van der Waals surface area contributed by atoms with Crippen molar-refractivity contribution >= 4 is 21.9 Å². The summed E-state index contributed by atoms with van der Waals surface area (Å²) in [5.74, 6) is 0.941. The van der Waals surface area contributed by atoms with E-state index in [2.05, 4.69) is 57.9 Å². The molecule has 0 spiro atoms. The first kappa shape index (κ1) is 22.3. The highest BCUT2D eigenvalue weighted by atomic mass is 16.5. The van der Waals surface area contributed by atoms with Gasteiger partial charge >= 0.3 is 0 Å². The predicted molar refractivity (Wildman–Crippen MR) is 130 cm³/mol. The maximum atomic E-state index is 5.91. The largest absolute Gasteiger partial charge is 0.494 e. The van der Waals surface area contributed by atoms with Crippen molar-refractivity contribution in [1.29, 1.82) is 0 Å². The summed E-state index contributed by atoms with van der Waals surface area (Å²) in [6.45, 7) is 6.37. The molecule has 0 saturated carbocycles. The molecule has 4 aromatic rings. The molecular weight excluding hydrogens is 398 g/mol. The number of ether oxygens (including phenoxy) is 2. The number of para-hydroxylation sites is 1. The van der Waals surface area contributed by atoms with E-state index in [1.807, 2.05) is 31.6 Å². The van der Waals surface area contributed by atoms with Crippen LogP contribution in [0.15, 0.2) is 61.1 Å². The van der Waals surface area contributed by atoms with Crippen LogP contribution in [-0.4, -0.2) is 34.4 Å². The van der Waals surface area contributed by atoms with Crippen molar-refractivity contribution in [2.24, 2.45) is 0 Å². The van der Waals surface area contributed by atoms with E-state index in [4.69, 9.17) is 9.47 Å². The monoisotopic (exact) mass is 431 g/mol. The zero-order valence-corrected chi connectivity index (χ0v) is 19.2. The van der Waals surface area contributed by atoms with E-state index in [0.717, 1.165) is 47.1 Å². The van der Waals surface area contributed by atoms with Crippen LogP contribution in [0.2, 0.25) is 0 Å². The van der Waals surface area contributed by atoms with Gasteiger partial charge in [0.25, 0.3) is 0 Å². The molecule has 0 aliphatic heterocycles. The Labute approximate surface area is 190 Å². The lowest BCUT2D eigenvalue weighted by Gasteiger charge is -2.20. The van der Waals surface area contributed by atoms with Gasteiger partial charge in [0.1, 0.15) is 11.3 Å². The Balaban J connectivity index is 1.53. The first-order chi connectivity index (χ1) is 15.8. The Morgan fingerprint density at radius 2 is 1.75 bits per heavy atom. The normalized spacial score (nSPS) is 12.4. The highest BCUT2D eigenvalue weighted by molar-refractivity contribution is 6.02. The van der Waals surface area contributed by atoms with E-state index in [-0.39, 0.29) is 6.04 Å². The number of nitrogens with zero attached hydrogens (tertiary/aromatic N) is 3. The highest BCUT2D eigenvalue weighted by Gasteiger charge is 2.17. The molecule has 168 valence electrons. The van der Waals surface area contributed by atoms with Crippen LogP contribution in [0.1, 0.15) is 51.1 Å². The van der Waals surface area contributed by atoms with Crippen LogP contribution in [0, 0.1) is 0 Å². The number of unbranched alkanes of at least 4 members (excludes halogenated alkanes) is 3. The average molecular weight is 432 g/mol. The summed E-state index contributed by atoms with van der Waals surface area (Å²) < 4.78 is 14.0. The van der Waals surface area contributed by atoms with Crippen molar-refractivity contribution in [2.45, 2.75) is 52.0 Å². The molecule has 2 heterocycles. The van der Waals surface area contributed by atoms with Gasteiger partial charge in [-0.05, 0) is 43.5 Å². The van der Waals surface area contributed by atoms with E-state index in [1.54, 1.807) is 0 Å². The number of hydrogen-bond acceptors (Lipinski definition) is 4. The van der Waals surface area contributed by atoms with Crippen LogP contribution in [0.3, 0.4) is 0 Å². The zero-order valence-electron chi connectivity index (χ0n) is 19.2. The van der Waals surface area contributed by atoms with Crippen molar-refractivity contribution in [3.05, 3.63) is 66.6 Å². The molecule has 2 aromatic heterocycles. The minimum absolute atomic E-state index is 0.145. The number of aromatic nitrogens is 3. The van der Waals surface area contributed by atoms with Crippen molar-refractivity contribution in [2.75, 3.05) is 19.8 Å². The molecule has 5 heteroatoms. The third-order valence-electron chi connectivity index (χ3n) is 5.88. The number of fused-ring (bicyclic) bond motifs is 3. The third-order valence-corrected chi connectivity index (χ3v) is 5.88. The first-order valence-electron chi connectivity index (χ1n) is 11.8. The summed E-state index contributed by atoms with van der Waals surface area (Å²) in [7, 11) is 0. The quantitative estimate of drug-likeness (QED) is 0.245. The average Bonchev–Trinajstić information content (AvgIpc) is 3.27. The second-order valence-electron chi connectivity index (χ2n) is 8.23. The summed E-state index contributed by atoms with van der Waals surface area (Å²) in [6.07, 6.45) is 9.51. The van der Waals surface area contributed by atoms with Crippen molar-refractivity contribution in [1.82, 2.24) is 14.5 Å². The van der Waals surface area contributed by atoms with Crippen LogP contribution in [0.25, 0.3) is 21.9 Å². The van der Waals surface area contributed by atoms with Crippen molar-refractivity contribution in [3.8, 4) is 5.75 Å². The molecule has 0 aliphatic rings. The molecule has 0 N–H and O–H groups in total. The fraction of sp³-hybridized carbons (Fsp3) is 0.407. The zero-order chi connectivity index (χ0) is 22.2. The molecule has 0 amide bonds. The Morgan fingerprint density at radius 1 is 0.906 bits per heavy atom. The fourth-order valence-corrected chi connectivity index (χ4v) is 4.15. The van der Waals surface area contributed by atoms with Gasteiger partial charge in [-0.25, -0.2) is 4.98 Å². The van der Waals surface area contributed by atoms with Gasteiger partial charge in [0, 0.05) is 12.0 Å². The van der Waals surface area contributed by atoms with Gasteiger partial charge < -0.3 is 14.0 Å². The molecular formula is C27H33N3O2. The fourth-order valence-electron chi connectivity index (χ4n) is 4.15. The molecule has 0 saturated heterocycles. The van der Waals surface area contributed by atoms with Gasteiger partial charge in [0.05, 0.1) is 42.8 Å². The van der Waals surface area contributed by atoms with Gasteiger partial charge in [-0.15, -0.1) is 0 Å². The van der Waals surface area contributed by atoms with Crippen LogP contribution >= 0.6 is 0 Å². The predicted octanol–water partition coefficient (Wildman–Crippen LogP) is 6.36. The molecule has 32 heavy (non-hydrogen) atoms. The molecule has 0 fully saturated rings. The second-order valence-corrected chi connectivity index (χ2v) is 8.23. The van der Waals surface area contributed by atoms with E-state index in [0.29, 0.717) is 13.2 Å². The van der Waals surface area contributed by atoms with Crippen LogP contribution < -0.4 is 4.74 Å². The third kappa shape index (κ3) is 5.28. The minimum Gasteiger partial charge on any atom is -0.494 e. The van der Waals surface area contributed by atoms with Crippen LogP contribution in [-0.2, 0) is 11.2 Å². The van der Waals surface area contributed by atoms with E-state index >= 15 is 0 Å². The van der Waals surface area contributed by atoms with Crippen LogP contribution in [0.5, 0.6) is 5.75 Å². The summed E-state index contributed by atoms with van der Waals surface area (Å²) in [4.78, 5) is 9.19. The molecule has 2 aromatic carbocycles. The van der Waals surface area contributed by atoms with Crippen LogP contribution in [0.4, 0.5) is 0 Å². The second kappa shape index (κ2) is 11.1. The minimum atomic E-state index is 0.145. The number of hydrogen-bond donors (Lipinski definition) is 0. The molecule has 5 nitrogen and oxygen atoms in total. The summed E-state index contributed by atoms with van der Waals surface area (Å²) >= 11 is 0. The lowest BCUT2D eigenvalue weighted by Crippen LogP contribution is -2.18. The highest BCUT2D eigenvalue weighted by Crippen LogP contribution is 2.27. The number of pyridine rings is 1. The molecule has 0 bridgehead atoms. The first-order valence-corrected chi connectivity index (χ1v) is 11.8. The lowest BCUT2D eigenvalue weighted by molar-refractivity contribution is 0.114. The van der Waals surface area contributed by atoms with E-state index < -0.39 is 0 Å². The molecule has 4 rings (SSSR count). The van der Waals surface area contributed by atoms with Gasteiger partial charge in [-0.1, -0.05) is 56.5 Å². The number of imidazole rings is 1. The maximum absolute atomic E-state index is 5.91. The Bertz CT molecular complexity index is 1120. The van der Waals surface area contributed by atoms with E-state index in [9.17, 15) is 0 Å². The number of benzene rings is 2. The topological polar surface area (TPSA) is 49.2 Å². The summed E-state index contributed by atoms with van der Waals surface area (Å²) in [5, 5.41) is 1.12. The Morgan fingerprint density at radius 3 is 2.56 bits per heavy atom. The van der Waals surface area contributed by atoms with Gasteiger partial charge in [-0.2, -0.15) is 0 Å². The van der Waals surface area contributed by atoms with Gasteiger partial charge in [0.15, 0.2) is 0 Å². The van der Waals surface area contributed by atoms with E-state index in [1.165, 1.54) is 24.8 Å². The smallest absolute Gasteiger partial charge is 0.119 e. The molecule has 1 atom stereocenters. The van der Waals surface area contributed by atoms with Gasteiger partial charge in [0.2, 0.25) is 0 Å².